The second-order valence-electron chi connectivity index (χ2n) is 4.54. The molecule has 0 saturated carbocycles. The van der Waals surface area contributed by atoms with E-state index in [1.165, 1.54) is 0 Å². The SMILES string of the molecule is CNC1CCC(C)N(c2cnc(C#N)c(Cl)n2)C1. The molecule has 6 heteroatoms. The van der Waals surface area contributed by atoms with Gasteiger partial charge >= 0.3 is 0 Å². The Morgan fingerprint density at radius 1 is 1.56 bits per heavy atom. The van der Waals surface area contributed by atoms with Crippen LogP contribution in [0.25, 0.3) is 0 Å². The van der Waals surface area contributed by atoms with Crippen LogP contribution in [0.4, 0.5) is 5.82 Å². The van der Waals surface area contributed by atoms with Crippen molar-refractivity contribution in [3.8, 4) is 6.07 Å². The first-order chi connectivity index (χ1) is 8.65. The number of hydrogen-bond acceptors (Lipinski definition) is 5. The molecule has 18 heavy (non-hydrogen) atoms. The van der Waals surface area contributed by atoms with Crippen LogP contribution >= 0.6 is 11.6 Å². The number of aromatic nitrogens is 2. The predicted octanol–water partition coefficient (Wildman–Crippen LogP) is 1.58. The highest BCUT2D eigenvalue weighted by Crippen LogP contribution is 2.24. The van der Waals surface area contributed by atoms with Crippen LogP contribution in [0.3, 0.4) is 0 Å². The molecule has 2 atom stereocenters. The number of hydrogen-bond donors (Lipinski definition) is 1. The summed E-state index contributed by atoms with van der Waals surface area (Å²) in [5, 5.41) is 12.3. The highest BCUT2D eigenvalue weighted by molar-refractivity contribution is 6.30. The number of nitriles is 1. The summed E-state index contributed by atoms with van der Waals surface area (Å²) in [6, 6.07) is 2.79. The first-order valence-electron chi connectivity index (χ1n) is 6.02. The van der Waals surface area contributed by atoms with E-state index in [2.05, 4.69) is 27.1 Å². The molecule has 0 aromatic carbocycles. The van der Waals surface area contributed by atoms with E-state index in [-0.39, 0.29) is 10.8 Å². The zero-order valence-corrected chi connectivity index (χ0v) is 11.3. The Morgan fingerprint density at radius 2 is 2.33 bits per heavy atom. The van der Waals surface area contributed by atoms with Gasteiger partial charge in [0.1, 0.15) is 11.9 Å². The molecule has 0 radical (unpaired) electrons. The molecule has 0 aliphatic carbocycles. The van der Waals surface area contributed by atoms with Crippen LogP contribution in [0.5, 0.6) is 0 Å². The summed E-state index contributed by atoms with van der Waals surface area (Å²) < 4.78 is 0. The smallest absolute Gasteiger partial charge is 0.178 e. The van der Waals surface area contributed by atoms with Crippen LogP contribution in [0, 0.1) is 11.3 Å². The maximum Gasteiger partial charge on any atom is 0.178 e. The van der Waals surface area contributed by atoms with Crippen LogP contribution in [0.2, 0.25) is 5.15 Å². The van der Waals surface area contributed by atoms with Crippen molar-refractivity contribution in [2.45, 2.75) is 31.8 Å². The summed E-state index contributed by atoms with van der Waals surface area (Å²) in [5.41, 5.74) is 0.176. The van der Waals surface area contributed by atoms with E-state index in [0.717, 1.165) is 25.2 Å². The average Bonchev–Trinajstić information content (AvgIpc) is 2.39. The van der Waals surface area contributed by atoms with E-state index in [1.54, 1.807) is 6.20 Å². The molecule has 1 N–H and O–H groups in total. The number of rotatable bonds is 2. The van der Waals surface area contributed by atoms with Gasteiger partial charge in [-0.15, -0.1) is 0 Å². The molecule has 1 aliphatic heterocycles. The molecule has 96 valence electrons. The maximum atomic E-state index is 8.79. The van der Waals surface area contributed by atoms with Gasteiger partial charge in [-0.3, -0.25) is 0 Å². The molecule has 2 rings (SSSR count). The molecule has 1 aromatic heterocycles. The van der Waals surface area contributed by atoms with Crippen LogP contribution in [-0.4, -0.2) is 35.6 Å². The Bertz CT molecular complexity index is 470. The molecule has 1 saturated heterocycles. The molecule has 2 heterocycles. The topological polar surface area (TPSA) is 64.8 Å². The summed E-state index contributed by atoms with van der Waals surface area (Å²) in [6.45, 7) is 3.05. The van der Waals surface area contributed by atoms with E-state index in [0.29, 0.717) is 12.1 Å². The Hall–Kier alpha value is -1.38. The van der Waals surface area contributed by atoms with Crippen molar-refractivity contribution in [3.05, 3.63) is 17.0 Å². The number of anilines is 1. The Labute approximate surface area is 112 Å². The highest BCUT2D eigenvalue weighted by Gasteiger charge is 2.26. The van der Waals surface area contributed by atoms with Crippen molar-refractivity contribution in [1.82, 2.24) is 15.3 Å². The largest absolute Gasteiger partial charge is 0.351 e. The molecule has 0 bridgehead atoms. The Kier molecular flexibility index (Phi) is 4.00. The summed E-state index contributed by atoms with van der Waals surface area (Å²) in [6.07, 6.45) is 3.88. The highest BCUT2D eigenvalue weighted by atomic mass is 35.5. The van der Waals surface area contributed by atoms with Gasteiger partial charge in [0.05, 0.1) is 6.20 Å². The zero-order chi connectivity index (χ0) is 13.1. The third-order valence-corrected chi connectivity index (χ3v) is 3.67. The molecular formula is C12H16ClN5. The van der Waals surface area contributed by atoms with Gasteiger partial charge in [0, 0.05) is 18.6 Å². The number of piperidine rings is 1. The van der Waals surface area contributed by atoms with Gasteiger partial charge in [-0.1, -0.05) is 11.6 Å². The van der Waals surface area contributed by atoms with Gasteiger partial charge in [-0.05, 0) is 26.8 Å². The third kappa shape index (κ3) is 2.55. The van der Waals surface area contributed by atoms with Crippen LogP contribution < -0.4 is 10.2 Å². The van der Waals surface area contributed by atoms with Gasteiger partial charge < -0.3 is 10.2 Å². The van der Waals surface area contributed by atoms with E-state index in [9.17, 15) is 0 Å². The summed E-state index contributed by atoms with van der Waals surface area (Å²) in [4.78, 5) is 10.5. The minimum atomic E-state index is 0.175. The second kappa shape index (κ2) is 5.51. The quantitative estimate of drug-likeness (QED) is 0.880. The minimum Gasteiger partial charge on any atom is -0.351 e. The molecule has 1 aliphatic rings. The van der Waals surface area contributed by atoms with Crippen molar-refractivity contribution < 1.29 is 0 Å². The molecule has 1 aromatic rings. The Morgan fingerprint density at radius 3 is 2.94 bits per heavy atom. The monoisotopic (exact) mass is 265 g/mol. The van der Waals surface area contributed by atoms with Crippen molar-refractivity contribution in [2.24, 2.45) is 0 Å². The maximum absolute atomic E-state index is 8.79. The van der Waals surface area contributed by atoms with E-state index in [4.69, 9.17) is 16.9 Å². The van der Waals surface area contributed by atoms with Crippen molar-refractivity contribution in [1.29, 1.82) is 5.26 Å². The second-order valence-corrected chi connectivity index (χ2v) is 4.90. The summed E-state index contributed by atoms with van der Waals surface area (Å²) in [5.74, 6) is 0.742. The van der Waals surface area contributed by atoms with Crippen LogP contribution in [0.15, 0.2) is 6.20 Å². The first kappa shape index (κ1) is 13.1. The standard InChI is InChI=1S/C12H16ClN5/c1-8-3-4-9(15-2)7-18(8)11-6-16-10(5-14)12(13)17-11/h6,8-9,15H,3-4,7H2,1-2H3. The lowest BCUT2D eigenvalue weighted by Gasteiger charge is -2.38. The lowest BCUT2D eigenvalue weighted by molar-refractivity contribution is 0.395. The van der Waals surface area contributed by atoms with Crippen molar-refractivity contribution in [3.63, 3.8) is 0 Å². The van der Waals surface area contributed by atoms with E-state index in [1.807, 2.05) is 13.1 Å². The number of likely N-dealkylation sites (N-methyl/N-ethyl adjacent to an activating group) is 1. The Balaban J connectivity index is 2.24. The fraction of sp³-hybridized carbons (Fsp3) is 0.583. The molecule has 5 nitrogen and oxygen atoms in total. The summed E-state index contributed by atoms with van der Waals surface area (Å²) in [7, 11) is 1.97. The van der Waals surface area contributed by atoms with Gasteiger partial charge in [0.2, 0.25) is 0 Å². The average molecular weight is 266 g/mol. The fourth-order valence-corrected chi connectivity index (χ4v) is 2.41. The van der Waals surface area contributed by atoms with Gasteiger partial charge in [0.25, 0.3) is 0 Å². The van der Waals surface area contributed by atoms with Gasteiger partial charge in [-0.2, -0.15) is 5.26 Å². The number of nitrogens with zero attached hydrogens (tertiary/aromatic N) is 4. The number of nitrogens with one attached hydrogen (secondary N) is 1. The van der Waals surface area contributed by atoms with Crippen molar-refractivity contribution >= 4 is 17.4 Å². The third-order valence-electron chi connectivity index (χ3n) is 3.41. The van der Waals surface area contributed by atoms with Gasteiger partial charge in [-0.25, -0.2) is 9.97 Å². The molecule has 0 spiro atoms. The lowest BCUT2D eigenvalue weighted by atomic mass is 10.00. The summed E-state index contributed by atoms with van der Waals surface area (Å²) >= 11 is 5.93. The molecule has 1 fully saturated rings. The van der Waals surface area contributed by atoms with Crippen LogP contribution in [-0.2, 0) is 0 Å². The van der Waals surface area contributed by atoms with Crippen molar-refractivity contribution in [2.75, 3.05) is 18.5 Å². The van der Waals surface area contributed by atoms with Gasteiger partial charge in [0.15, 0.2) is 10.8 Å². The van der Waals surface area contributed by atoms with E-state index < -0.39 is 0 Å². The van der Waals surface area contributed by atoms with E-state index >= 15 is 0 Å². The number of halogens is 1. The predicted molar refractivity (Wildman–Crippen MR) is 70.6 cm³/mol. The fourth-order valence-electron chi connectivity index (χ4n) is 2.23. The lowest BCUT2D eigenvalue weighted by Crippen LogP contribution is -2.49. The molecular weight excluding hydrogens is 250 g/mol. The normalized spacial score (nSPS) is 23.8. The molecule has 2 unspecified atom stereocenters. The molecule has 0 amide bonds. The minimum absolute atomic E-state index is 0.175. The van der Waals surface area contributed by atoms with Crippen LogP contribution in [0.1, 0.15) is 25.5 Å². The first-order valence-corrected chi connectivity index (χ1v) is 6.40. The zero-order valence-electron chi connectivity index (χ0n) is 10.5.